The van der Waals surface area contributed by atoms with E-state index < -0.39 is 11.8 Å². The lowest BCUT2D eigenvalue weighted by atomic mass is 10.0. The quantitative estimate of drug-likeness (QED) is 0.840. The molecule has 0 radical (unpaired) electrons. The number of hydrogen-bond acceptors (Lipinski definition) is 4. The Bertz CT molecular complexity index is 520. The number of aromatic nitrogens is 1. The highest BCUT2D eigenvalue weighted by atomic mass is 16.6. The molecule has 0 fully saturated rings. The summed E-state index contributed by atoms with van der Waals surface area (Å²) in [6.07, 6.45) is 5.55. The average Bonchev–Trinajstić information content (AvgIpc) is 2.45. The fourth-order valence-electron chi connectivity index (χ4n) is 2.30. The van der Waals surface area contributed by atoms with Crippen LogP contribution in [0.2, 0.25) is 0 Å². The van der Waals surface area contributed by atoms with Crippen molar-refractivity contribution >= 4 is 11.7 Å². The van der Waals surface area contributed by atoms with Gasteiger partial charge in [0.25, 0.3) is 0 Å². The molecule has 5 heteroatoms. The Kier molecular flexibility index (Phi) is 4.63. The lowest BCUT2D eigenvalue weighted by molar-refractivity contribution is -0.0271. The summed E-state index contributed by atoms with van der Waals surface area (Å²) in [5.41, 5.74) is 1.38. The van der Waals surface area contributed by atoms with Gasteiger partial charge in [-0.25, -0.2) is 4.79 Å². The Morgan fingerprint density at radius 2 is 2.19 bits per heavy atom. The zero-order valence-electron chi connectivity index (χ0n) is 13.0. The number of amides is 1. The van der Waals surface area contributed by atoms with Crippen molar-refractivity contribution in [2.45, 2.75) is 39.0 Å². The van der Waals surface area contributed by atoms with E-state index in [0.29, 0.717) is 6.54 Å². The minimum absolute atomic E-state index is 0.358. The van der Waals surface area contributed by atoms with Crippen LogP contribution in [0.1, 0.15) is 32.8 Å². The Morgan fingerprint density at radius 3 is 2.76 bits per heavy atom. The van der Waals surface area contributed by atoms with E-state index in [-0.39, 0.29) is 6.09 Å². The van der Waals surface area contributed by atoms with Gasteiger partial charge in [0, 0.05) is 37.2 Å². The van der Waals surface area contributed by atoms with Gasteiger partial charge in [0.2, 0.25) is 0 Å². The second kappa shape index (κ2) is 6.26. The highest BCUT2D eigenvalue weighted by Crippen LogP contribution is 2.28. The maximum Gasteiger partial charge on any atom is 0.412 e. The zero-order valence-corrected chi connectivity index (χ0v) is 13.0. The van der Waals surface area contributed by atoms with Crippen LogP contribution in [0.15, 0.2) is 30.6 Å². The third-order valence-corrected chi connectivity index (χ3v) is 3.13. The number of pyridine rings is 1. The summed E-state index contributed by atoms with van der Waals surface area (Å²) in [6, 6.07) is 3.83. The Balaban J connectivity index is 2.23. The highest BCUT2D eigenvalue weighted by Gasteiger charge is 2.33. The van der Waals surface area contributed by atoms with Crippen molar-refractivity contribution in [3.8, 4) is 0 Å². The van der Waals surface area contributed by atoms with Crippen LogP contribution < -0.4 is 0 Å². The van der Waals surface area contributed by atoms with Gasteiger partial charge in [-0.15, -0.1) is 0 Å². The van der Waals surface area contributed by atoms with Crippen LogP contribution in [0, 0.1) is 0 Å². The van der Waals surface area contributed by atoms with Crippen molar-refractivity contribution in [1.29, 1.82) is 0 Å². The molecule has 0 N–H and O–H groups in total. The molecule has 21 heavy (non-hydrogen) atoms. The third-order valence-electron chi connectivity index (χ3n) is 3.13. The first kappa shape index (κ1) is 15.5. The SMILES string of the molecule is COC1C(c2cccnc2)=CCCN1C(=O)OC(C)(C)C. The van der Waals surface area contributed by atoms with Crippen LogP contribution in [-0.2, 0) is 9.47 Å². The molecule has 0 saturated heterocycles. The maximum atomic E-state index is 12.3. The highest BCUT2D eigenvalue weighted by molar-refractivity contribution is 5.76. The molecule has 0 spiro atoms. The summed E-state index contributed by atoms with van der Waals surface area (Å²) in [5.74, 6) is 0. The smallest absolute Gasteiger partial charge is 0.412 e. The first-order valence-corrected chi connectivity index (χ1v) is 7.05. The summed E-state index contributed by atoms with van der Waals surface area (Å²) >= 11 is 0. The molecular formula is C16H22N2O3. The predicted octanol–water partition coefficient (Wildman–Crippen LogP) is 3.08. The lowest BCUT2D eigenvalue weighted by Crippen LogP contribution is -2.46. The molecule has 5 nitrogen and oxygen atoms in total. The van der Waals surface area contributed by atoms with Crippen molar-refractivity contribution < 1.29 is 14.3 Å². The van der Waals surface area contributed by atoms with E-state index in [9.17, 15) is 4.79 Å². The fraction of sp³-hybridized carbons (Fsp3) is 0.500. The molecule has 0 saturated carbocycles. The van der Waals surface area contributed by atoms with E-state index in [1.165, 1.54) is 0 Å². The molecule has 0 aliphatic carbocycles. The Labute approximate surface area is 125 Å². The number of nitrogens with zero attached hydrogens (tertiary/aromatic N) is 2. The predicted molar refractivity (Wildman–Crippen MR) is 80.6 cm³/mol. The number of ether oxygens (including phenoxy) is 2. The average molecular weight is 290 g/mol. The Hall–Kier alpha value is -1.88. The van der Waals surface area contributed by atoms with Crippen LogP contribution in [0.25, 0.3) is 5.57 Å². The molecule has 0 aromatic carbocycles. The van der Waals surface area contributed by atoms with Crippen LogP contribution in [-0.4, -0.2) is 41.5 Å². The molecule has 0 bridgehead atoms. The Morgan fingerprint density at radius 1 is 1.43 bits per heavy atom. The molecule has 1 aliphatic rings. The van der Waals surface area contributed by atoms with Crippen molar-refractivity contribution in [3.05, 3.63) is 36.2 Å². The van der Waals surface area contributed by atoms with Crippen molar-refractivity contribution in [2.75, 3.05) is 13.7 Å². The molecule has 1 atom stereocenters. The van der Waals surface area contributed by atoms with Gasteiger partial charge in [-0.05, 0) is 33.3 Å². The fourth-order valence-corrected chi connectivity index (χ4v) is 2.30. The summed E-state index contributed by atoms with van der Waals surface area (Å²) in [7, 11) is 1.59. The van der Waals surface area contributed by atoms with Gasteiger partial charge in [0.15, 0.2) is 6.23 Å². The third kappa shape index (κ3) is 3.82. The first-order chi connectivity index (χ1) is 9.92. The summed E-state index contributed by atoms with van der Waals surface area (Å²) in [4.78, 5) is 18.1. The van der Waals surface area contributed by atoms with Gasteiger partial charge in [0.1, 0.15) is 5.60 Å². The van der Waals surface area contributed by atoms with E-state index in [4.69, 9.17) is 9.47 Å². The van der Waals surface area contributed by atoms with Gasteiger partial charge >= 0.3 is 6.09 Å². The molecule has 1 aromatic heterocycles. The number of rotatable bonds is 2. The molecule has 114 valence electrons. The normalized spacial score (nSPS) is 19.1. The minimum atomic E-state index is -0.523. The summed E-state index contributed by atoms with van der Waals surface area (Å²) < 4.78 is 11.0. The maximum absolute atomic E-state index is 12.3. The van der Waals surface area contributed by atoms with E-state index in [1.807, 2.05) is 32.9 Å². The number of carbonyl (C=O) groups is 1. The van der Waals surface area contributed by atoms with Gasteiger partial charge in [0.05, 0.1) is 0 Å². The molecule has 1 aliphatic heterocycles. The summed E-state index contributed by atoms with van der Waals surface area (Å²) in [6.45, 7) is 6.15. The van der Waals surface area contributed by atoms with E-state index >= 15 is 0 Å². The van der Waals surface area contributed by atoms with Crippen LogP contribution >= 0.6 is 0 Å². The number of methoxy groups -OCH3 is 1. The van der Waals surface area contributed by atoms with Gasteiger partial charge in [-0.1, -0.05) is 12.1 Å². The minimum Gasteiger partial charge on any atom is -0.444 e. The van der Waals surface area contributed by atoms with E-state index in [0.717, 1.165) is 17.6 Å². The largest absolute Gasteiger partial charge is 0.444 e. The van der Waals surface area contributed by atoms with Crippen molar-refractivity contribution in [1.82, 2.24) is 9.88 Å². The lowest BCUT2D eigenvalue weighted by Gasteiger charge is -2.36. The van der Waals surface area contributed by atoms with Crippen LogP contribution in [0.5, 0.6) is 0 Å². The zero-order chi connectivity index (χ0) is 15.5. The second-order valence-electron chi connectivity index (χ2n) is 5.95. The molecule has 1 unspecified atom stereocenters. The monoisotopic (exact) mass is 290 g/mol. The van der Waals surface area contributed by atoms with Crippen LogP contribution in [0.3, 0.4) is 0 Å². The van der Waals surface area contributed by atoms with E-state index in [1.54, 1.807) is 24.4 Å². The van der Waals surface area contributed by atoms with Gasteiger partial charge in [-0.3, -0.25) is 9.88 Å². The summed E-state index contributed by atoms with van der Waals surface area (Å²) in [5, 5.41) is 0. The topological polar surface area (TPSA) is 51.7 Å². The molecule has 2 heterocycles. The van der Waals surface area contributed by atoms with Crippen molar-refractivity contribution in [2.24, 2.45) is 0 Å². The second-order valence-corrected chi connectivity index (χ2v) is 5.95. The molecule has 1 aromatic rings. The molecule has 2 rings (SSSR count). The van der Waals surface area contributed by atoms with E-state index in [2.05, 4.69) is 11.1 Å². The first-order valence-electron chi connectivity index (χ1n) is 7.05. The molecular weight excluding hydrogens is 268 g/mol. The van der Waals surface area contributed by atoms with Gasteiger partial charge < -0.3 is 9.47 Å². The van der Waals surface area contributed by atoms with Gasteiger partial charge in [-0.2, -0.15) is 0 Å². The number of carbonyl (C=O) groups excluding carboxylic acids is 1. The standard InChI is InChI=1S/C16H22N2O3/c1-16(2,3)21-15(19)18-10-6-8-13(14(18)20-4)12-7-5-9-17-11-12/h5,7-9,11,14H,6,10H2,1-4H3. The number of hydrogen-bond donors (Lipinski definition) is 0. The van der Waals surface area contributed by atoms with Crippen LogP contribution in [0.4, 0.5) is 4.79 Å². The molecule has 1 amide bonds. The van der Waals surface area contributed by atoms with Crippen molar-refractivity contribution in [3.63, 3.8) is 0 Å².